The van der Waals surface area contributed by atoms with Crippen LogP contribution in [0.2, 0.25) is 0 Å². The minimum absolute atomic E-state index is 0.0536. The molecule has 0 bridgehead atoms. The van der Waals surface area contributed by atoms with Crippen molar-refractivity contribution in [2.75, 3.05) is 31.6 Å². The number of piperidine rings is 1. The zero-order chi connectivity index (χ0) is 31.6. The second kappa shape index (κ2) is 12.7. The summed E-state index contributed by atoms with van der Waals surface area (Å²) in [5.41, 5.74) is 4.54. The van der Waals surface area contributed by atoms with Gasteiger partial charge in [-0.1, -0.05) is 50.6 Å². The quantitative estimate of drug-likeness (QED) is 0.217. The standard InChI is InChI=1S/C35H41N7O3/c1-6-44-28-9-7-8-25(20-28)34-38-37-31-15-14-29(22-41(31)34)45-27-16-18-40(19-17-27)23-33(43)36-32-21-30(35(3,4)5)39-42(32)26-12-10-24(2)11-13-26/h7-15,20-22,27H,6,16-19,23H2,1-5H3,(H,36,43). The Balaban J connectivity index is 1.07. The SMILES string of the molecule is CCOc1cccc(-c2nnc3ccc(OC4CCN(CC(=O)Nc5cc(C(C)(C)C)nn5-c5ccc(C)cc5)CC4)cn23)c1. The average Bonchev–Trinajstić information content (AvgIpc) is 3.63. The summed E-state index contributed by atoms with van der Waals surface area (Å²) in [6.07, 6.45) is 3.65. The molecule has 4 heterocycles. The number of likely N-dealkylation sites (tertiary alicyclic amines) is 1. The summed E-state index contributed by atoms with van der Waals surface area (Å²) in [6, 6.07) is 21.9. The molecule has 0 atom stereocenters. The van der Waals surface area contributed by atoms with Gasteiger partial charge in [-0.2, -0.15) is 5.10 Å². The first-order chi connectivity index (χ1) is 21.7. The lowest BCUT2D eigenvalue weighted by Crippen LogP contribution is -2.42. The number of hydrogen-bond donors (Lipinski definition) is 1. The zero-order valence-corrected chi connectivity index (χ0v) is 26.7. The molecule has 1 N–H and O–H groups in total. The van der Waals surface area contributed by atoms with Crippen molar-refractivity contribution in [2.24, 2.45) is 0 Å². The summed E-state index contributed by atoms with van der Waals surface area (Å²) < 4.78 is 15.8. The number of rotatable bonds is 9. The van der Waals surface area contributed by atoms with Crippen LogP contribution in [-0.2, 0) is 10.2 Å². The molecule has 0 spiro atoms. The summed E-state index contributed by atoms with van der Waals surface area (Å²) in [7, 11) is 0. The second-order valence-electron chi connectivity index (χ2n) is 12.6. The Morgan fingerprint density at radius 2 is 1.76 bits per heavy atom. The van der Waals surface area contributed by atoms with Crippen LogP contribution in [-0.4, -0.2) is 67.5 Å². The molecule has 2 aromatic carbocycles. The van der Waals surface area contributed by atoms with Crippen molar-refractivity contribution in [1.29, 1.82) is 0 Å². The highest BCUT2D eigenvalue weighted by Gasteiger charge is 2.25. The van der Waals surface area contributed by atoms with Gasteiger partial charge in [0.05, 0.1) is 30.7 Å². The molecule has 10 nitrogen and oxygen atoms in total. The van der Waals surface area contributed by atoms with Crippen molar-refractivity contribution in [3.63, 3.8) is 0 Å². The van der Waals surface area contributed by atoms with E-state index in [1.54, 1.807) is 0 Å². The molecule has 45 heavy (non-hydrogen) atoms. The Kier molecular flexibility index (Phi) is 8.58. The topological polar surface area (TPSA) is 98.8 Å². The third-order valence-electron chi connectivity index (χ3n) is 8.01. The van der Waals surface area contributed by atoms with Crippen LogP contribution in [0.4, 0.5) is 5.82 Å². The van der Waals surface area contributed by atoms with E-state index in [1.807, 2.05) is 76.8 Å². The number of pyridine rings is 1. The number of anilines is 1. The second-order valence-corrected chi connectivity index (χ2v) is 12.6. The largest absolute Gasteiger partial charge is 0.494 e. The molecular formula is C35H41N7O3. The number of carbonyl (C=O) groups is 1. The third-order valence-corrected chi connectivity index (χ3v) is 8.01. The van der Waals surface area contributed by atoms with Gasteiger partial charge in [-0.15, -0.1) is 10.2 Å². The van der Waals surface area contributed by atoms with Crippen molar-refractivity contribution in [2.45, 2.75) is 59.0 Å². The molecule has 1 aliphatic heterocycles. The van der Waals surface area contributed by atoms with Crippen molar-refractivity contribution >= 4 is 17.4 Å². The van der Waals surface area contributed by atoms with Gasteiger partial charge in [-0.25, -0.2) is 4.68 Å². The van der Waals surface area contributed by atoms with Crippen LogP contribution >= 0.6 is 0 Å². The van der Waals surface area contributed by atoms with Gasteiger partial charge < -0.3 is 14.8 Å². The van der Waals surface area contributed by atoms with E-state index in [2.05, 4.69) is 60.2 Å². The number of amides is 1. The van der Waals surface area contributed by atoms with Crippen LogP contribution in [0, 0.1) is 6.92 Å². The Bertz CT molecular complexity index is 1780. The highest BCUT2D eigenvalue weighted by molar-refractivity contribution is 5.91. The first-order valence-corrected chi connectivity index (χ1v) is 15.6. The van der Waals surface area contributed by atoms with Crippen molar-refractivity contribution in [3.05, 3.63) is 84.2 Å². The van der Waals surface area contributed by atoms with Gasteiger partial charge in [0, 0.05) is 30.1 Å². The number of hydrogen-bond acceptors (Lipinski definition) is 7. The maximum Gasteiger partial charge on any atom is 0.239 e. The van der Waals surface area contributed by atoms with Crippen LogP contribution in [0.1, 0.15) is 51.8 Å². The molecule has 0 unspecified atom stereocenters. The maximum absolute atomic E-state index is 13.2. The van der Waals surface area contributed by atoms with Crippen LogP contribution in [0.25, 0.3) is 22.7 Å². The molecule has 6 rings (SSSR count). The van der Waals surface area contributed by atoms with Gasteiger partial charge in [0.2, 0.25) is 5.91 Å². The van der Waals surface area contributed by atoms with E-state index in [-0.39, 0.29) is 17.4 Å². The summed E-state index contributed by atoms with van der Waals surface area (Å²) >= 11 is 0. The summed E-state index contributed by atoms with van der Waals surface area (Å²) in [5.74, 6) is 2.92. The van der Waals surface area contributed by atoms with Crippen LogP contribution < -0.4 is 14.8 Å². The Morgan fingerprint density at radius 3 is 2.49 bits per heavy atom. The number of aryl methyl sites for hydroxylation is 1. The first-order valence-electron chi connectivity index (χ1n) is 15.6. The molecule has 1 saturated heterocycles. The summed E-state index contributed by atoms with van der Waals surface area (Å²) in [4.78, 5) is 15.4. The van der Waals surface area contributed by atoms with Gasteiger partial charge in [0.15, 0.2) is 11.5 Å². The Labute approximate surface area is 264 Å². The molecule has 234 valence electrons. The normalized spacial score (nSPS) is 14.5. The number of nitrogens with one attached hydrogen (secondary N) is 1. The van der Waals surface area contributed by atoms with Crippen LogP contribution in [0.15, 0.2) is 72.9 Å². The maximum atomic E-state index is 13.2. The lowest BCUT2D eigenvalue weighted by atomic mass is 9.92. The number of nitrogens with zero attached hydrogens (tertiary/aromatic N) is 6. The summed E-state index contributed by atoms with van der Waals surface area (Å²) in [6.45, 7) is 12.8. The molecule has 1 amide bonds. The van der Waals surface area contributed by atoms with Gasteiger partial charge in [-0.05, 0) is 63.1 Å². The Morgan fingerprint density at radius 1 is 0.978 bits per heavy atom. The minimum atomic E-state index is -0.146. The molecule has 0 radical (unpaired) electrons. The predicted molar refractivity (Wildman–Crippen MR) is 175 cm³/mol. The van der Waals surface area contributed by atoms with Gasteiger partial charge in [0.25, 0.3) is 0 Å². The van der Waals surface area contributed by atoms with E-state index in [0.717, 1.165) is 65.8 Å². The number of ether oxygens (including phenoxy) is 2. The summed E-state index contributed by atoms with van der Waals surface area (Å²) in [5, 5.41) is 16.7. The zero-order valence-electron chi connectivity index (χ0n) is 26.7. The number of benzene rings is 2. The smallest absolute Gasteiger partial charge is 0.239 e. The molecule has 1 aliphatic rings. The highest BCUT2D eigenvalue weighted by Crippen LogP contribution is 2.28. The van der Waals surface area contributed by atoms with E-state index in [0.29, 0.717) is 19.0 Å². The minimum Gasteiger partial charge on any atom is -0.494 e. The van der Waals surface area contributed by atoms with E-state index in [4.69, 9.17) is 14.6 Å². The van der Waals surface area contributed by atoms with Crippen LogP contribution in [0.5, 0.6) is 11.5 Å². The fourth-order valence-corrected chi connectivity index (χ4v) is 5.51. The van der Waals surface area contributed by atoms with Crippen molar-refractivity contribution < 1.29 is 14.3 Å². The first kappa shape index (κ1) is 30.3. The molecule has 3 aromatic heterocycles. The average molecular weight is 608 g/mol. The number of fused-ring (bicyclic) bond motifs is 1. The lowest BCUT2D eigenvalue weighted by Gasteiger charge is -2.31. The molecule has 5 aromatic rings. The lowest BCUT2D eigenvalue weighted by molar-refractivity contribution is -0.117. The molecule has 1 fully saturated rings. The van der Waals surface area contributed by atoms with E-state index < -0.39 is 0 Å². The van der Waals surface area contributed by atoms with E-state index in [1.165, 1.54) is 5.56 Å². The fourth-order valence-electron chi connectivity index (χ4n) is 5.51. The molecule has 10 heteroatoms. The molecule has 0 aliphatic carbocycles. The van der Waals surface area contributed by atoms with Crippen LogP contribution in [0.3, 0.4) is 0 Å². The third kappa shape index (κ3) is 7.01. The van der Waals surface area contributed by atoms with E-state index >= 15 is 0 Å². The highest BCUT2D eigenvalue weighted by atomic mass is 16.5. The molecule has 0 saturated carbocycles. The van der Waals surface area contributed by atoms with Gasteiger partial charge >= 0.3 is 0 Å². The van der Waals surface area contributed by atoms with E-state index in [9.17, 15) is 4.79 Å². The monoisotopic (exact) mass is 607 g/mol. The van der Waals surface area contributed by atoms with Gasteiger partial charge in [0.1, 0.15) is 23.4 Å². The van der Waals surface area contributed by atoms with Gasteiger partial charge in [-0.3, -0.25) is 14.1 Å². The van der Waals surface area contributed by atoms with Crippen molar-refractivity contribution in [3.8, 4) is 28.6 Å². The van der Waals surface area contributed by atoms with Crippen molar-refractivity contribution in [1.82, 2.24) is 29.3 Å². The predicted octanol–water partition coefficient (Wildman–Crippen LogP) is 6.07. The number of carbonyl (C=O) groups excluding carboxylic acids is 1. The fraction of sp³-hybridized carbons (Fsp3) is 0.371. The number of aromatic nitrogens is 5. The Hall–Kier alpha value is -4.70. The molecular weight excluding hydrogens is 566 g/mol.